The quantitative estimate of drug-likeness (QED) is 0.284. The summed E-state index contributed by atoms with van der Waals surface area (Å²) in [4.78, 5) is 50.3. The van der Waals surface area contributed by atoms with Crippen LogP contribution in [-0.2, 0) is 4.79 Å². The molecule has 6 N–H and O–H groups in total. The minimum Gasteiger partial charge on any atom is -0.493 e. The third-order valence-electron chi connectivity index (χ3n) is 4.87. The van der Waals surface area contributed by atoms with E-state index in [2.05, 4.69) is 21.2 Å². The zero-order chi connectivity index (χ0) is 25.9. The van der Waals surface area contributed by atoms with Crippen molar-refractivity contribution in [1.29, 1.82) is 0 Å². The van der Waals surface area contributed by atoms with Crippen LogP contribution in [0.3, 0.4) is 0 Å². The molecule has 0 bridgehead atoms. The number of methoxy groups -OCH3 is 1. The van der Waals surface area contributed by atoms with Crippen molar-refractivity contribution in [2.45, 2.75) is 6.92 Å². The molecule has 0 aliphatic carbocycles. The average molecular weight is 546 g/mol. The van der Waals surface area contributed by atoms with Crippen LogP contribution in [0.4, 0.5) is 11.5 Å². The minimum absolute atomic E-state index is 0.0118. The van der Waals surface area contributed by atoms with Gasteiger partial charge in [0.05, 0.1) is 11.6 Å². The molecule has 0 atom stereocenters. The number of benzene rings is 2. The number of rotatable bonds is 8. The Morgan fingerprint density at radius 2 is 1.71 bits per heavy atom. The van der Waals surface area contributed by atoms with Gasteiger partial charge in [0.1, 0.15) is 16.9 Å². The third kappa shape index (κ3) is 5.44. The zero-order valence-corrected chi connectivity index (χ0v) is 20.1. The summed E-state index contributed by atoms with van der Waals surface area (Å²) in [6, 6.07) is 9.78. The SMILES string of the molecule is COc1cc(-c2c(C(=O)O)c(N)[nH]c(=O)c2C(=O)O)cc(Br)c1OCC(=O)Nc1ccc(C)cc1. The highest BCUT2D eigenvalue weighted by Gasteiger charge is 2.28. The Hall–Kier alpha value is -4.32. The highest BCUT2D eigenvalue weighted by molar-refractivity contribution is 9.10. The van der Waals surface area contributed by atoms with E-state index < -0.39 is 45.9 Å². The summed E-state index contributed by atoms with van der Waals surface area (Å²) >= 11 is 3.27. The van der Waals surface area contributed by atoms with Gasteiger partial charge in [0.25, 0.3) is 11.5 Å². The topological polar surface area (TPSA) is 181 Å². The van der Waals surface area contributed by atoms with Crippen molar-refractivity contribution in [3.05, 3.63) is 67.9 Å². The molecule has 0 fully saturated rings. The van der Waals surface area contributed by atoms with Crippen molar-refractivity contribution in [2.75, 3.05) is 24.8 Å². The molecule has 3 rings (SSSR count). The Kier molecular flexibility index (Phi) is 7.45. The number of halogens is 1. The molecule has 1 heterocycles. The van der Waals surface area contributed by atoms with Crippen molar-refractivity contribution in [1.82, 2.24) is 4.98 Å². The first-order chi connectivity index (χ1) is 16.5. The number of nitrogens with two attached hydrogens (primary N) is 1. The lowest BCUT2D eigenvalue weighted by molar-refractivity contribution is -0.118. The number of amides is 1. The van der Waals surface area contributed by atoms with Gasteiger partial charge in [-0.3, -0.25) is 9.59 Å². The number of carbonyl (C=O) groups excluding carboxylic acids is 1. The van der Waals surface area contributed by atoms with Crippen molar-refractivity contribution >= 4 is 45.3 Å². The van der Waals surface area contributed by atoms with Crippen molar-refractivity contribution < 1.29 is 34.1 Å². The van der Waals surface area contributed by atoms with Crippen LogP contribution in [0.2, 0.25) is 0 Å². The number of aryl methyl sites for hydroxylation is 1. The summed E-state index contributed by atoms with van der Waals surface area (Å²) in [5.41, 5.74) is 4.43. The van der Waals surface area contributed by atoms with Gasteiger partial charge in [-0.05, 0) is 52.7 Å². The van der Waals surface area contributed by atoms with Gasteiger partial charge in [0, 0.05) is 11.3 Å². The number of anilines is 2. The van der Waals surface area contributed by atoms with Gasteiger partial charge in [0.15, 0.2) is 18.1 Å². The van der Waals surface area contributed by atoms with E-state index in [4.69, 9.17) is 15.2 Å². The Morgan fingerprint density at radius 3 is 2.29 bits per heavy atom. The molecule has 0 spiro atoms. The van der Waals surface area contributed by atoms with Crippen LogP contribution in [-0.4, -0.2) is 46.8 Å². The van der Waals surface area contributed by atoms with Crippen molar-refractivity contribution in [2.24, 2.45) is 0 Å². The average Bonchev–Trinajstić information content (AvgIpc) is 2.78. The molecular weight excluding hydrogens is 526 g/mol. The number of hydrogen-bond donors (Lipinski definition) is 5. The molecule has 11 nitrogen and oxygen atoms in total. The first-order valence-corrected chi connectivity index (χ1v) is 10.7. The van der Waals surface area contributed by atoms with E-state index in [0.717, 1.165) is 5.56 Å². The number of aromatic amines is 1. The predicted octanol–water partition coefficient (Wildman–Crippen LogP) is 3.12. The molecule has 2 aromatic carbocycles. The fourth-order valence-corrected chi connectivity index (χ4v) is 3.87. The first kappa shape index (κ1) is 25.3. The molecule has 3 aromatic rings. The minimum atomic E-state index is -1.65. The largest absolute Gasteiger partial charge is 0.493 e. The second-order valence-corrected chi connectivity index (χ2v) is 8.15. The maximum atomic E-state index is 12.3. The number of ether oxygens (including phenoxy) is 2. The molecule has 0 aliphatic heterocycles. The highest BCUT2D eigenvalue weighted by atomic mass is 79.9. The summed E-state index contributed by atoms with van der Waals surface area (Å²) < 4.78 is 11.1. The monoisotopic (exact) mass is 545 g/mol. The Labute approximate surface area is 206 Å². The van der Waals surface area contributed by atoms with Gasteiger partial charge >= 0.3 is 11.9 Å². The summed E-state index contributed by atoms with van der Waals surface area (Å²) in [5.74, 6) is -4.00. The van der Waals surface area contributed by atoms with Gasteiger partial charge in [-0.1, -0.05) is 17.7 Å². The third-order valence-corrected chi connectivity index (χ3v) is 5.46. The summed E-state index contributed by atoms with van der Waals surface area (Å²) in [5, 5.41) is 21.9. The number of H-pyrrole nitrogens is 1. The van der Waals surface area contributed by atoms with E-state index in [-0.39, 0.29) is 28.1 Å². The van der Waals surface area contributed by atoms with E-state index in [1.807, 2.05) is 24.0 Å². The number of carboxylic acids is 2. The normalized spacial score (nSPS) is 10.5. The van der Waals surface area contributed by atoms with E-state index in [1.54, 1.807) is 12.1 Å². The van der Waals surface area contributed by atoms with Gasteiger partial charge < -0.3 is 35.7 Å². The molecule has 0 unspecified atom stereocenters. The lowest BCUT2D eigenvalue weighted by Crippen LogP contribution is -2.24. The fourth-order valence-electron chi connectivity index (χ4n) is 3.31. The number of nitrogens with one attached hydrogen (secondary N) is 2. The fraction of sp³-hybridized carbons (Fsp3) is 0.130. The standard InChI is InChI=1S/C23H20BrN3O8/c1-10-3-5-12(6-4-10)26-15(28)9-35-19-13(24)7-11(8-14(19)34-2)16-17(22(30)31)20(25)27-21(29)18(16)23(32)33/h3-8H,9H2,1-2H3,(H,26,28)(H,30,31)(H,32,33)(H3,25,27,29). The van der Waals surface area contributed by atoms with Crippen molar-refractivity contribution in [3.63, 3.8) is 0 Å². The van der Waals surface area contributed by atoms with Crippen LogP contribution in [0.1, 0.15) is 26.3 Å². The zero-order valence-electron chi connectivity index (χ0n) is 18.5. The molecule has 0 saturated carbocycles. The molecule has 0 radical (unpaired) electrons. The van der Waals surface area contributed by atoms with Gasteiger partial charge in [-0.2, -0.15) is 0 Å². The van der Waals surface area contributed by atoms with E-state index >= 15 is 0 Å². The van der Waals surface area contributed by atoms with Crippen molar-refractivity contribution in [3.8, 4) is 22.6 Å². The van der Waals surface area contributed by atoms with E-state index in [0.29, 0.717) is 5.69 Å². The van der Waals surface area contributed by atoms with Crippen LogP contribution < -0.4 is 26.1 Å². The molecule has 12 heteroatoms. The number of pyridine rings is 1. The summed E-state index contributed by atoms with van der Waals surface area (Å²) in [6.07, 6.45) is 0. The summed E-state index contributed by atoms with van der Waals surface area (Å²) in [7, 11) is 1.30. The molecular formula is C23H20BrN3O8. The van der Waals surface area contributed by atoms with Crippen LogP contribution in [0.5, 0.6) is 11.5 Å². The predicted molar refractivity (Wildman–Crippen MR) is 130 cm³/mol. The van der Waals surface area contributed by atoms with Crippen LogP contribution >= 0.6 is 15.9 Å². The lowest BCUT2D eigenvalue weighted by atomic mass is 9.95. The number of carboxylic acid groups (broad SMARTS) is 2. The lowest BCUT2D eigenvalue weighted by Gasteiger charge is -2.17. The van der Waals surface area contributed by atoms with Crippen LogP contribution in [0, 0.1) is 6.92 Å². The van der Waals surface area contributed by atoms with Gasteiger partial charge in [0.2, 0.25) is 0 Å². The Bertz CT molecular complexity index is 1380. The van der Waals surface area contributed by atoms with Gasteiger partial charge in [-0.15, -0.1) is 0 Å². The van der Waals surface area contributed by atoms with E-state index in [9.17, 15) is 29.4 Å². The Morgan fingerprint density at radius 1 is 1.09 bits per heavy atom. The second kappa shape index (κ2) is 10.3. The summed E-state index contributed by atoms with van der Waals surface area (Å²) in [6.45, 7) is 1.53. The van der Waals surface area contributed by atoms with E-state index in [1.165, 1.54) is 19.2 Å². The maximum absolute atomic E-state index is 12.3. The maximum Gasteiger partial charge on any atom is 0.342 e. The molecule has 0 aliphatic rings. The number of hydrogen-bond acceptors (Lipinski definition) is 7. The molecule has 35 heavy (non-hydrogen) atoms. The number of aromatic carboxylic acids is 2. The van der Waals surface area contributed by atoms with Gasteiger partial charge in [-0.25, -0.2) is 9.59 Å². The number of nitrogen functional groups attached to an aromatic ring is 1. The van der Waals surface area contributed by atoms with Crippen LogP contribution in [0.15, 0.2) is 45.7 Å². The smallest absolute Gasteiger partial charge is 0.342 e. The van der Waals surface area contributed by atoms with Crippen LogP contribution in [0.25, 0.3) is 11.1 Å². The number of carbonyl (C=O) groups is 3. The highest BCUT2D eigenvalue weighted by Crippen LogP contribution is 2.41. The molecule has 1 aromatic heterocycles. The molecule has 0 saturated heterocycles. The molecule has 182 valence electrons. The first-order valence-electron chi connectivity index (χ1n) is 9.93. The molecule has 1 amide bonds. The number of aromatic nitrogens is 1. The Balaban J connectivity index is 2.00. The second-order valence-electron chi connectivity index (χ2n) is 7.30.